The zero-order valence-electron chi connectivity index (χ0n) is 16.8. The molecule has 0 radical (unpaired) electrons. The first-order chi connectivity index (χ1) is 15.1. The Morgan fingerprint density at radius 2 is 2.13 bits per heavy atom. The number of hydrogen-bond donors (Lipinski definition) is 1. The summed E-state index contributed by atoms with van der Waals surface area (Å²) < 4.78 is 11.2. The Hall–Kier alpha value is -3.16. The molecule has 1 aliphatic heterocycles. The van der Waals surface area contributed by atoms with E-state index in [1.807, 2.05) is 18.2 Å². The number of rotatable bonds is 5. The van der Waals surface area contributed by atoms with Gasteiger partial charge in [-0.25, -0.2) is 14.8 Å². The average Bonchev–Trinajstić information content (AvgIpc) is 3.44. The van der Waals surface area contributed by atoms with Gasteiger partial charge in [-0.1, -0.05) is 23.3 Å². The number of ether oxygens (including phenoxy) is 2. The molecule has 3 heterocycles. The molecule has 4 rings (SSSR count). The summed E-state index contributed by atoms with van der Waals surface area (Å²) in [7, 11) is 1.59. The molecule has 8 nitrogen and oxygen atoms in total. The minimum atomic E-state index is -0.386. The fourth-order valence-corrected chi connectivity index (χ4v) is 5.24. The molecular formula is C21H20N4O4S2. The molecule has 0 aliphatic carbocycles. The molecule has 0 unspecified atom stereocenters. The Bertz CT molecular complexity index is 1140. The van der Waals surface area contributed by atoms with Crippen LogP contribution < -0.4 is 10.1 Å². The first-order valence-corrected chi connectivity index (χ1v) is 11.3. The molecule has 1 saturated heterocycles. The second kappa shape index (κ2) is 9.32. The normalized spacial score (nSPS) is 14.3. The Kier molecular flexibility index (Phi) is 6.34. The van der Waals surface area contributed by atoms with Gasteiger partial charge >= 0.3 is 6.09 Å². The first kappa shape index (κ1) is 21.1. The van der Waals surface area contributed by atoms with E-state index < -0.39 is 0 Å². The highest BCUT2D eigenvalue weighted by Crippen LogP contribution is 2.33. The Morgan fingerprint density at radius 1 is 1.32 bits per heavy atom. The van der Waals surface area contributed by atoms with Crippen molar-refractivity contribution in [1.82, 2.24) is 14.9 Å². The number of nitrogens with zero attached hydrogens (tertiary/aromatic N) is 3. The van der Waals surface area contributed by atoms with Crippen LogP contribution in [0.25, 0.3) is 10.2 Å². The van der Waals surface area contributed by atoms with E-state index in [-0.39, 0.29) is 24.5 Å². The summed E-state index contributed by atoms with van der Waals surface area (Å²) in [6, 6.07) is 5.65. The summed E-state index contributed by atoms with van der Waals surface area (Å²) in [6.45, 7) is 1.12. The van der Waals surface area contributed by atoms with E-state index >= 15 is 0 Å². The lowest BCUT2D eigenvalue weighted by Crippen LogP contribution is -2.38. The molecule has 0 saturated carbocycles. The van der Waals surface area contributed by atoms with Gasteiger partial charge in [-0.05, 0) is 25.0 Å². The zero-order chi connectivity index (χ0) is 21.8. The molecule has 1 aromatic carbocycles. The maximum atomic E-state index is 12.7. The van der Waals surface area contributed by atoms with E-state index in [1.165, 1.54) is 22.7 Å². The van der Waals surface area contributed by atoms with Crippen molar-refractivity contribution in [3.63, 3.8) is 0 Å². The highest BCUT2D eigenvalue weighted by Gasteiger charge is 2.27. The van der Waals surface area contributed by atoms with Gasteiger partial charge in [-0.2, -0.15) is 0 Å². The summed E-state index contributed by atoms with van der Waals surface area (Å²) in [5.41, 5.74) is 1.08. The lowest BCUT2D eigenvalue weighted by Gasteiger charge is -2.30. The van der Waals surface area contributed by atoms with Crippen LogP contribution in [0.15, 0.2) is 23.6 Å². The molecule has 160 valence electrons. The van der Waals surface area contributed by atoms with Crippen molar-refractivity contribution in [1.29, 1.82) is 0 Å². The van der Waals surface area contributed by atoms with E-state index in [9.17, 15) is 9.59 Å². The van der Waals surface area contributed by atoms with Crippen molar-refractivity contribution in [2.24, 2.45) is 0 Å². The van der Waals surface area contributed by atoms with E-state index in [0.29, 0.717) is 29.7 Å². The lowest BCUT2D eigenvalue weighted by atomic mass is 9.98. The third-order valence-corrected chi connectivity index (χ3v) is 6.90. The number of para-hydroxylation sites is 1. The van der Waals surface area contributed by atoms with E-state index in [4.69, 9.17) is 15.9 Å². The summed E-state index contributed by atoms with van der Waals surface area (Å²) in [5.74, 6) is 2.86. The minimum Gasteiger partial charge on any atom is -0.494 e. The number of nitrogens with one attached hydrogen (secondary N) is 1. The maximum absolute atomic E-state index is 12.7. The molecule has 3 aromatic rings. The van der Waals surface area contributed by atoms with Crippen LogP contribution in [0.3, 0.4) is 0 Å². The molecule has 1 aliphatic rings. The van der Waals surface area contributed by atoms with Crippen LogP contribution in [0.1, 0.15) is 34.3 Å². The average molecular weight is 457 g/mol. The molecule has 2 amide bonds. The van der Waals surface area contributed by atoms with Gasteiger partial charge in [0, 0.05) is 24.4 Å². The molecule has 31 heavy (non-hydrogen) atoms. The standard InChI is InChI=1S/C21H20N4O4S2/c1-3-11-29-21(27)25-9-7-13(8-10-25)19-22-14(12-30-19)18(26)24-20-23-17-15(28-2)5-4-6-16(17)31-20/h1,4-6,12-13H,7-11H2,2H3,(H,23,24,26). The predicted octanol–water partition coefficient (Wildman–Crippen LogP) is 3.96. The van der Waals surface area contributed by atoms with Crippen LogP contribution in [0.5, 0.6) is 5.75 Å². The van der Waals surface area contributed by atoms with Gasteiger partial charge in [0.2, 0.25) is 0 Å². The molecular weight excluding hydrogens is 436 g/mol. The van der Waals surface area contributed by atoms with Gasteiger partial charge in [-0.15, -0.1) is 17.8 Å². The molecule has 0 spiro atoms. The monoisotopic (exact) mass is 456 g/mol. The van der Waals surface area contributed by atoms with Crippen molar-refractivity contribution in [3.05, 3.63) is 34.3 Å². The number of hydrogen-bond acceptors (Lipinski definition) is 8. The van der Waals surface area contributed by atoms with E-state index in [2.05, 4.69) is 21.2 Å². The van der Waals surface area contributed by atoms with E-state index in [1.54, 1.807) is 17.4 Å². The summed E-state index contributed by atoms with van der Waals surface area (Å²) in [5, 5.41) is 5.98. The van der Waals surface area contributed by atoms with Crippen LogP contribution >= 0.6 is 22.7 Å². The lowest BCUT2D eigenvalue weighted by molar-refractivity contribution is 0.102. The van der Waals surface area contributed by atoms with Crippen molar-refractivity contribution in [3.8, 4) is 18.1 Å². The first-order valence-electron chi connectivity index (χ1n) is 9.64. The summed E-state index contributed by atoms with van der Waals surface area (Å²) in [6.07, 6.45) is 6.25. The topological polar surface area (TPSA) is 93.7 Å². The van der Waals surface area contributed by atoms with Gasteiger partial charge in [0.05, 0.1) is 16.8 Å². The molecule has 1 fully saturated rings. The number of carbonyl (C=O) groups excluding carboxylic acids is 2. The number of benzene rings is 1. The molecule has 1 N–H and O–H groups in total. The number of anilines is 1. The second-order valence-corrected chi connectivity index (χ2v) is 8.79. The van der Waals surface area contributed by atoms with Crippen molar-refractivity contribution >= 4 is 50.0 Å². The second-order valence-electron chi connectivity index (χ2n) is 6.87. The van der Waals surface area contributed by atoms with Gasteiger partial charge in [0.15, 0.2) is 11.7 Å². The van der Waals surface area contributed by atoms with Crippen molar-refractivity contribution < 1.29 is 19.1 Å². The van der Waals surface area contributed by atoms with Crippen molar-refractivity contribution in [2.45, 2.75) is 18.8 Å². The predicted molar refractivity (Wildman–Crippen MR) is 120 cm³/mol. The molecule has 0 atom stereocenters. The molecule has 2 aromatic heterocycles. The third kappa shape index (κ3) is 4.62. The smallest absolute Gasteiger partial charge is 0.410 e. The fourth-order valence-electron chi connectivity index (χ4n) is 3.39. The number of terminal acetylenes is 1. The van der Waals surface area contributed by atoms with Crippen molar-refractivity contribution in [2.75, 3.05) is 32.1 Å². The maximum Gasteiger partial charge on any atom is 0.410 e. The Morgan fingerprint density at radius 3 is 2.87 bits per heavy atom. The van der Waals surface area contributed by atoms with Gasteiger partial charge < -0.3 is 14.4 Å². The number of amides is 2. The summed E-state index contributed by atoms with van der Waals surface area (Å²) >= 11 is 2.84. The van der Waals surface area contributed by atoms with E-state index in [0.717, 1.165) is 28.1 Å². The zero-order valence-corrected chi connectivity index (χ0v) is 18.4. The number of likely N-dealkylation sites (tertiary alicyclic amines) is 1. The Labute approximate surface area is 187 Å². The third-order valence-electron chi connectivity index (χ3n) is 4.96. The van der Waals surface area contributed by atoms with Crippen LogP contribution in [-0.4, -0.2) is 53.7 Å². The van der Waals surface area contributed by atoms with Crippen LogP contribution in [0.2, 0.25) is 0 Å². The number of fused-ring (bicyclic) bond motifs is 1. The number of methoxy groups -OCH3 is 1. The SMILES string of the molecule is C#CCOC(=O)N1CCC(c2nc(C(=O)Nc3nc4c(OC)cccc4s3)cs2)CC1. The van der Waals surface area contributed by atoms with Gasteiger partial charge in [0.25, 0.3) is 5.91 Å². The fraction of sp³-hybridized carbons (Fsp3) is 0.333. The molecule has 10 heteroatoms. The minimum absolute atomic E-state index is 0.0227. The van der Waals surface area contributed by atoms with Crippen LogP contribution in [0, 0.1) is 12.3 Å². The number of carbonyl (C=O) groups is 2. The van der Waals surface area contributed by atoms with Gasteiger partial charge in [-0.3, -0.25) is 10.1 Å². The summed E-state index contributed by atoms with van der Waals surface area (Å²) in [4.78, 5) is 35.2. The van der Waals surface area contributed by atoms with Crippen LogP contribution in [-0.2, 0) is 4.74 Å². The number of aromatic nitrogens is 2. The highest BCUT2D eigenvalue weighted by molar-refractivity contribution is 7.22. The van der Waals surface area contributed by atoms with Gasteiger partial charge in [0.1, 0.15) is 17.0 Å². The largest absolute Gasteiger partial charge is 0.494 e. The number of piperidine rings is 1. The Balaban J connectivity index is 1.37. The quantitative estimate of drug-likeness (QED) is 0.584. The number of thiazole rings is 2. The molecule has 0 bridgehead atoms. The van der Waals surface area contributed by atoms with Crippen LogP contribution in [0.4, 0.5) is 9.93 Å². The highest BCUT2D eigenvalue weighted by atomic mass is 32.1.